The molecule has 0 radical (unpaired) electrons. The molecule has 0 bridgehead atoms. The fraction of sp³-hybridized carbons (Fsp3) is 0.562. The zero-order valence-corrected chi connectivity index (χ0v) is 12.6. The van der Waals surface area contributed by atoms with Crippen LogP contribution in [-0.2, 0) is 9.53 Å². The van der Waals surface area contributed by atoms with Gasteiger partial charge in [0, 0.05) is 26.1 Å². The molecule has 0 spiro atoms. The summed E-state index contributed by atoms with van der Waals surface area (Å²) in [5.41, 5.74) is 0. The van der Waals surface area contributed by atoms with E-state index in [0.29, 0.717) is 19.6 Å². The highest BCUT2D eigenvalue weighted by Gasteiger charge is 2.21. The number of benzene rings is 1. The molecule has 1 amide bonds. The number of hydrogen-bond donors (Lipinski definition) is 1. The fourth-order valence-corrected chi connectivity index (χ4v) is 2.56. The topological polar surface area (TPSA) is 60.0 Å². The van der Waals surface area contributed by atoms with E-state index in [1.165, 1.54) is 0 Å². The lowest BCUT2D eigenvalue weighted by atomic mass is 10.2. The van der Waals surface area contributed by atoms with Gasteiger partial charge in [-0.15, -0.1) is 0 Å². The van der Waals surface area contributed by atoms with Crippen LogP contribution in [0.4, 0.5) is 0 Å². The van der Waals surface area contributed by atoms with Gasteiger partial charge in [0.15, 0.2) is 11.5 Å². The Kier molecular flexibility index (Phi) is 5.13. The van der Waals surface area contributed by atoms with Gasteiger partial charge in [0.1, 0.15) is 12.7 Å². The van der Waals surface area contributed by atoms with Gasteiger partial charge in [0.05, 0.1) is 19.8 Å². The van der Waals surface area contributed by atoms with Crippen molar-refractivity contribution in [1.29, 1.82) is 0 Å². The number of fused-ring (bicyclic) bond motifs is 1. The maximum Gasteiger partial charge on any atom is 0.221 e. The predicted molar refractivity (Wildman–Crippen MR) is 81.2 cm³/mol. The van der Waals surface area contributed by atoms with E-state index in [1.807, 2.05) is 24.3 Å². The van der Waals surface area contributed by atoms with Crippen LogP contribution in [0.25, 0.3) is 0 Å². The largest absolute Gasteiger partial charge is 0.486 e. The number of rotatable bonds is 5. The number of hydrogen-bond acceptors (Lipinski definition) is 5. The number of morpholine rings is 1. The molecule has 0 unspecified atom stereocenters. The highest BCUT2D eigenvalue weighted by Crippen LogP contribution is 2.30. The van der Waals surface area contributed by atoms with E-state index in [9.17, 15) is 4.79 Å². The zero-order chi connectivity index (χ0) is 15.2. The van der Waals surface area contributed by atoms with Crippen LogP contribution < -0.4 is 14.8 Å². The Labute approximate surface area is 130 Å². The molecule has 0 saturated carbocycles. The fourth-order valence-electron chi connectivity index (χ4n) is 2.56. The van der Waals surface area contributed by atoms with Gasteiger partial charge in [-0.25, -0.2) is 0 Å². The molecule has 3 rings (SSSR count). The lowest BCUT2D eigenvalue weighted by Crippen LogP contribution is -2.42. The molecule has 22 heavy (non-hydrogen) atoms. The van der Waals surface area contributed by atoms with Gasteiger partial charge >= 0.3 is 0 Å². The Morgan fingerprint density at radius 2 is 2.00 bits per heavy atom. The summed E-state index contributed by atoms with van der Waals surface area (Å²) in [4.78, 5) is 14.2. The highest BCUT2D eigenvalue weighted by molar-refractivity contribution is 5.76. The first kappa shape index (κ1) is 15.1. The van der Waals surface area contributed by atoms with Crippen LogP contribution in [0.3, 0.4) is 0 Å². The van der Waals surface area contributed by atoms with Crippen molar-refractivity contribution in [1.82, 2.24) is 10.2 Å². The van der Waals surface area contributed by atoms with Crippen molar-refractivity contribution in [2.75, 3.05) is 46.0 Å². The van der Waals surface area contributed by atoms with Crippen molar-refractivity contribution in [2.24, 2.45) is 0 Å². The van der Waals surface area contributed by atoms with Crippen molar-refractivity contribution in [2.45, 2.75) is 12.5 Å². The average molecular weight is 306 g/mol. The molecule has 0 aliphatic carbocycles. The number of amides is 1. The maximum absolute atomic E-state index is 11.9. The van der Waals surface area contributed by atoms with Crippen molar-refractivity contribution in [3.05, 3.63) is 24.3 Å². The van der Waals surface area contributed by atoms with E-state index in [-0.39, 0.29) is 12.0 Å². The summed E-state index contributed by atoms with van der Waals surface area (Å²) in [6, 6.07) is 7.58. The Bertz CT molecular complexity index is 503. The first-order chi connectivity index (χ1) is 10.8. The molecule has 0 aromatic heterocycles. The van der Waals surface area contributed by atoms with Crippen molar-refractivity contribution < 1.29 is 19.0 Å². The molecule has 1 aromatic carbocycles. The number of nitrogens with one attached hydrogen (secondary N) is 1. The molecule has 6 heteroatoms. The lowest BCUT2D eigenvalue weighted by molar-refractivity contribution is -0.122. The van der Waals surface area contributed by atoms with E-state index in [0.717, 1.165) is 44.3 Å². The normalized spacial score (nSPS) is 21.4. The number of carbonyl (C=O) groups is 1. The maximum atomic E-state index is 11.9. The quantitative estimate of drug-likeness (QED) is 0.866. The van der Waals surface area contributed by atoms with E-state index in [1.54, 1.807) is 0 Å². The molecule has 1 N–H and O–H groups in total. The SMILES string of the molecule is O=C(CCN1CCOCC1)NC[C@H]1COc2ccccc2O1. The minimum absolute atomic E-state index is 0.0500. The number of nitrogens with zero attached hydrogens (tertiary/aromatic N) is 1. The Morgan fingerprint density at radius 3 is 2.82 bits per heavy atom. The molecule has 1 saturated heterocycles. The van der Waals surface area contributed by atoms with E-state index < -0.39 is 0 Å². The first-order valence-electron chi connectivity index (χ1n) is 7.76. The Balaban J connectivity index is 1.37. The standard InChI is InChI=1S/C16H22N2O4/c19-16(5-6-18-7-9-20-10-8-18)17-11-13-12-21-14-3-1-2-4-15(14)22-13/h1-4,13H,5-12H2,(H,17,19)/t13-/m0/s1. The minimum atomic E-state index is -0.137. The summed E-state index contributed by atoms with van der Waals surface area (Å²) in [5.74, 6) is 1.55. The second-order valence-corrected chi connectivity index (χ2v) is 5.51. The molecular formula is C16H22N2O4. The molecule has 1 atom stereocenters. The van der Waals surface area contributed by atoms with E-state index in [2.05, 4.69) is 10.2 Å². The van der Waals surface area contributed by atoms with Crippen molar-refractivity contribution >= 4 is 5.91 Å². The van der Waals surface area contributed by atoms with Gasteiger partial charge in [-0.1, -0.05) is 12.1 Å². The lowest BCUT2D eigenvalue weighted by Gasteiger charge is -2.27. The molecule has 2 aliphatic heterocycles. The molecule has 2 aliphatic rings. The van der Waals surface area contributed by atoms with Gasteiger partial charge in [-0.3, -0.25) is 9.69 Å². The Morgan fingerprint density at radius 1 is 1.23 bits per heavy atom. The van der Waals surface area contributed by atoms with Crippen LogP contribution in [0.15, 0.2) is 24.3 Å². The summed E-state index contributed by atoms with van der Waals surface area (Å²) < 4.78 is 16.7. The van der Waals surface area contributed by atoms with Crippen molar-refractivity contribution in [3.8, 4) is 11.5 Å². The summed E-state index contributed by atoms with van der Waals surface area (Å²) >= 11 is 0. The molecule has 120 valence electrons. The predicted octanol–water partition coefficient (Wildman–Crippen LogP) is 0.665. The van der Waals surface area contributed by atoms with Gasteiger partial charge in [0.2, 0.25) is 5.91 Å². The summed E-state index contributed by atoms with van der Waals surface area (Å²) in [5, 5.41) is 2.92. The van der Waals surface area contributed by atoms with Gasteiger partial charge < -0.3 is 19.5 Å². The first-order valence-corrected chi connectivity index (χ1v) is 7.76. The Hall–Kier alpha value is -1.79. The van der Waals surface area contributed by atoms with Crippen LogP contribution in [0.2, 0.25) is 0 Å². The second kappa shape index (κ2) is 7.47. The van der Waals surface area contributed by atoms with E-state index in [4.69, 9.17) is 14.2 Å². The monoisotopic (exact) mass is 306 g/mol. The van der Waals surface area contributed by atoms with Crippen LogP contribution >= 0.6 is 0 Å². The van der Waals surface area contributed by atoms with Crippen LogP contribution in [0, 0.1) is 0 Å². The molecule has 1 aromatic rings. The van der Waals surface area contributed by atoms with Crippen molar-refractivity contribution in [3.63, 3.8) is 0 Å². The number of ether oxygens (including phenoxy) is 3. The smallest absolute Gasteiger partial charge is 0.221 e. The minimum Gasteiger partial charge on any atom is -0.486 e. The van der Waals surface area contributed by atoms with Gasteiger partial charge in [0.25, 0.3) is 0 Å². The summed E-state index contributed by atoms with van der Waals surface area (Å²) in [6.07, 6.45) is 0.367. The van der Waals surface area contributed by atoms with Crippen LogP contribution in [-0.4, -0.2) is 62.9 Å². The number of carbonyl (C=O) groups excluding carboxylic acids is 1. The summed E-state index contributed by atoms with van der Waals surface area (Å²) in [6.45, 7) is 5.03. The third-order valence-corrected chi connectivity index (χ3v) is 3.85. The average Bonchev–Trinajstić information content (AvgIpc) is 2.59. The third kappa shape index (κ3) is 4.11. The van der Waals surface area contributed by atoms with Crippen LogP contribution in [0.5, 0.6) is 11.5 Å². The zero-order valence-electron chi connectivity index (χ0n) is 12.6. The highest BCUT2D eigenvalue weighted by atomic mass is 16.6. The summed E-state index contributed by atoms with van der Waals surface area (Å²) in [7, 11) is 0. The molecule has 1 fully saturated rings. The second-order valence-electron chi connectivity index (χ2n) is 5.51. The third-order valence-electron chi connectivity index (χ3n) is 3.85. The molecule has 2 heterocycles. The van der Waals surface area contributed by atoms with Gasteiger partial charge in [-0.2, -0.15) is 0 Å². The van der Waals surface area contributed by atoms with Gasteiger partial charge in [-0.05, 0) is 12.1 Å². The van der Waals surface area contributed by atoms with Crippen LogP contribution in [0.1, 0.15) is 6.42 Å². The molecular weight excluding hydrogens is 284 g/mol. The number of para-hydroxylation sites is 2. The molecule has 6 nitrogen and oxygen atoms in total. The van der Waals surface area contributed by atoms with E-state index >= 15 is 0 Å².